The molecule has 1 aromatic rings. The quantitative estimate of drug-likeness (QED) is 0.751. The molecule has 2 bridgehead atoms. The van der Waals surface area contributed by atoms with Crippen molar-refractivity contribution in [2.24, 2.45) is 0 Å². The molecule has 0 spiro atoms. The van der Waals surface area contributed by atoms with Crippen LogP contribution < -0.4 is 0 Å². The van der Waals surface area contributed by atoms with Gasteiger partial charge in [-0.2, -0.15) is 13.2 Å². The summed E-state index contributed by atoms with van der Waals surface area (Å²) in [4.78, 5) is 12.6. The fourth-order valence-corrected chi connectivity index (χ4v) is 4.12. The van der Waals surface area contributed by atoms with Gasteiger partial charge >= 0.3 is 12.1 Å². The minimum absolute atomic E-state index is 0.0930. The van der Waals surface area contributed by atoms with Crippen LogP contribution in [0.15, 0.2) is 16.6 Å². The predicted octanol–water partition coefficient (Wildman–Crippen LogP) is 3.52. The number of hydrogen-bond donors (Lipinski definition) is 1. The van der Waals surface area contributed by atoms with Gasteiger partial charge in [-0.25, -0.2) is 0 Å². The molecule has 7 heteroatoms. The molecule has 0 aromatic heterocycles. The summed E-state index contributed by atoms with van der Waals surface area (Å²) in [5.41, 5.74) is 1.56. The van der Waals surface area contributed by atoms with Gasteiger partial charge in [0.05, 0.1) is 4.47 Å². The highest BCUT2D eigenvalue weighted by molar-refractivity contribution is 9.10. The van der Waals surface area contributed by atoms with E-state index in [2.05, 4.69) is 15.9 Å². The summed E-state index contributed by atoms with van der Waals surface area (Å²) < 4.78 is 38.7. The maximum absolute atomic E-state index is 12.7. The van der Waals surface area contributed by atoms with Gasteiger partial charge in [0, 0.05) is 12.6 Å². The lowest BCUT2D eigenvalue weighted by Gasteiger charge is -2.49. The van der Waals surface area contributed by atoms with Gasteiger partial charge in [-0.05, 0) is 63.9 Å². The van der Waals surface area contributed by atoms with E-state index >= 15 is 0 Å². The van der Waals surface area contributed by atoms with Gasteiger partial charge in [0.1, 0.15) is 5.75 Å². The highest BCUT2D eigenvalue weighted by Gasteiger charge is 2.50. The summed E-state index contributed by atoms with van der Waals surface area (Å²) in [5.74, 6) is -1.62. The molecule has 1 amide bonds. The number of carbonyl (C=O) groups excluding carboxylic acids is 1. The Labute approximate surface area is 134 Å². The van der Waals surface area contributed by atoms with Crippen molar-refractivity contribution < 1.29 is 23.1 Å². The van der Waals surface area contributed by atoms with Gasteiger partial charge in [-0.15, -0.1) is 0 Å². The summed E-state index contributed by atoms with van der Waals surface area (Å²) in [5, 5.41) is 9.87. The molecule has 3 rings (SSSR count). The number of aromatic hydroxyl groups is 1. The van der Waals surface area contributed by atoms with Crippen molar-refractivity contribution in [3.8, 4) is 5.75 Å². The summed E-state index contributed by atoms with van der Waals surface area (Å²) >= 11 is 3.24. The number of rotatable bonds is 0. The Balaban J connectivity index is 1.99. The Bertz CT molecular complexity index is 646. The highest BCUT2D eigenvalue weighted by Crippen LogP contribution is 2.47. The van der Waals surface area contributed by atoms with E-state index < -0.39 is 18.1 Å². The van der Waals surface area contributed by atoms with E-state index in [1.165, 1.54) is 0 Å². The van der Waals surface area contributed by atoms with E-state index in [9.17, 15) is 23.1 Å². The molecule has 1 saturated heterocycles. The molecular formula is C15H15BrF3NO2. The number of hydrogen-bond acceptors (Lipinski definition) is 2. The number of nitrogens with zero attached hydrogens (tertiary/aromatic N) is 1. The van der Waals surface area contributed by atoms with Crippen LogP contribution in [0.1, 0.15) is 30.9 Å². The molecule has 0 saturated carbocycles. The number of alkyl halides is 3. The maximum Gasteiger partial charge on any atom is 0.471 e. The van der Waals surface area contributed by atoms with Crippen LogP contribution in [-0.2, 0) is 16.6 Å². The van der Waals surface area contributed by atoms with Crippen LogP contribution in [0.4, 0.5) is 13.2 Å². The molecular weight excluding hydrogens is 363 g/mol. The van der Waals surface area contributed by atoms with Crippen molar-refractivity contribution in [1.29, 1.82) is 0 Å². The van der Waals surface area contributed by atoms with E-state index in [1.807, 2.05) is 6.92 Å². The second-order valence-corrected chi connectivity index (χ2v) is 7.18. The summed E-state index contributed by atoms with van der Waals surface area (Å²) in [6.07, 6.45) is -3.50. The standard InChI is InChI=1S/C15H15BrF3NO2/c1-14-2-3-20(13(22)15(17,18)19)9(7-14)4-8-5-11(16)12(21)6-10(8)14/h5-6,9,21H,2-4,7H2,1H3/t9-,14?/m1/s1. The van der Waals surface area contributed by atoms with Crippen molar-refractivity contribution >= 4 is 21.8 Å². The van der Waals surface area contributed by atoms with Crippen LogP contribution in [0.25, 0.3) is 0 Å². The molecule has 120 valence electrons. The van der Waals surface area contributed by atoms with Gasteiger partial charge in [-0.3, -0.25) is 4.79 Å². The number of phenolic OH excluding ortho intramolecular Hbond substituents is 1. The summed E-state index contributed by atoms with van der Waals surface area (Å²) in [6.45, 7) is 2.08. The van der Waals surface area contributed by atoms with E-state index in [4.69, 9.17) is 0 Å². The zero-order chi connectivity index (χ0) is 16.3. The van der Waals surface area contributed by atoms with Crippen molar-refractivity contribution in [2.45, 2.75) is 43.8 Å². The number of phenols is 1. The van der Waals surface area contributed by atoms with E-state index in [0.29, 0.717) is 23.7 Å². The van der Waals surface area contributed by atoms with Gasteiger partial charge in [0.2, 0.25) is 0 Å². The van der Waals surface area contributed by atoms with Crippen molar-refractivity contribution in [2.75, 3.05) is 6.54 Å². The van der Waals surface area contributed by atoms with Crippen molar-refractivity contribution in [1.82, 2.24) is 4.90 Å². The lowest BCUT2D eigenvalue weighted by atomic mass is 9.65. The predicted molar refractivity (Wildman–Crippen MR) is 77.7 cm³/mol. The zero-order valence-electron chi connectivity index (χ0n) is 11.9. The number of halogens is 4. The SMILES string of the molecule is CC12CCN(C(=O)C(F)(F)F)[C@H](Cc3cc(Br)c(O)cc31)C2. The third kappa shape index (κ3) is 2.39. The first kappa shape index (κ1) is 15.6. The number of carbonyl (C=O) groups is 1. The number of amides is 1. The summed E-state index contributed by atoms with van der Waals surface area (Å²) in [7, 11) is 0. The van der Waals surface area contributed by atoms with E-state index in [0.717, 1.165) is 16.0 Å². The van der Waals surface area contributed by atoms with Crippen molar-refractivity contribution in [3.63, 3.8) is 0 Å². The number of likely N-dealkylation sites (tertiary alicyclic amines) is 1. The van der Waals surface area contributed by atoms with Gasteiger partial charge in [0.25, 0.3) is 0 Å². The average Bonchev–Trinajstić information content (AvgIpc) is 2.40. The van der Waals surface area contributed by atoms with Crippen LogP contribution in [0.3, 0.4) is 0 Å². The molecule has 1 aliphatic heterocycles. The molecule has 1 N–H and O–H groups in total. The largest absolute Gasteiger partial charge is 0.507 e. The normalized spacial score (nSPS) is 27.5. The number of benzene rings is 1. The molecule has 1 aliphatic carbocycles. The van der Waals surface area contributed by atoms with Gasteiger partial charge in [-0.1, -0.05) is 6.92 Å². The first-order valence-electron chi connectivity index (χ1n) is 7.01. The monoisotopic (exact) mass is 377 g/mol. The second-order valence-electron chi connectivity index (χ2n) is 6.33. The Hall–Kier alpha value is -1.24. The molecule has 1 unspecified atom stereocenters. The molecule has 22 heavy (non-hydrogen) atoms. The molecule has 1 fully saturated rings. The molecule has 2 atom stereocenters. The van der Waals surface area contributed by atoms with Gasteiger partial charge < -0.3 is 10.0 Å². The second kappa shape index (κ2) is 4.88. The minimum atomic E-state index is -4.83. The van der Waals surface area contributed by atoms with E-state index in [-0.39, 0.29) is 17.7 Å². The third-order valence-corrected chi connectivity index (χ3v) is 5.45. The molecule has 1 heterocycles. The molecule has 3 nitrogen and oxygen atoms in total. The van der Waals surface area contributed by atoms with Crippen LogP contribution in [0.2, 0.25) is 0 Å². The Morgan fingerprint density at radius 1 is 1.45 bits per heavy atom. The topological polar surface area (TPSA) is 40.5 Å². The Morgan fingerprint density at radius 2 is 2.14 bits per heavy atom. The molecule has 0 radical (unpaired) electrons. The van der Waals surface area contributed by atoms with Crippen LogP contribution in [-0.4, -0.2) is 34.7 Å². The lowest BCUT2D eigenvalue weighted by Crippen LogP contribution is -2.57. The first-order chi connectivity index (χ1) is 10.1. The third-order valence-electron chi connectivity index (χ3n) is 4.81. The smallest absolute Gasteiger partial charge is 0.471 e. The molecule has 2 aliphatic rings. The number of piperidine rings is 1. The minimum Gasteiger partial charge on any atom is -0.507 e. The van der Waals surface area contributed by atoms with Crippen LogP contribution in [0.5, 0.6) is 5.75 Å². The van der Waals surface area contributed by atoms with Gasteiger partial charge in [0.15, 0.2) is 0 Å². The maximum atomic E-state index is 12.7. The first-order valence-corrected chi connectivity index (χ1v) is 7.81. The highest BCUT2D eigenvalue weighted by atomic mass is 79.9. The number of fused-ring (bicyclic) bond motifs is 4. The summed E-state index contributed by atoms with van der Waals surface area (Å²) in [6, 6.07) is 2.99. The van der Waals surface area contributed by atoms with Crippen LogP contribution in [0, 0.1) is 0 Å². The Kier molecular flexibility index (Phi) is 3.47. The fourth-order valence-electron chi connectivity index (χ4n) is 3.73. The van der Waals surface area contributed by atoms with Crippen LogP contribution >= 0.6 is 15.9 Å². The Morgan fingerprint density at radius 3 is 2.77 bits per heavy atom. The van der Waals surface area contributed by atoms with E-state index in [1.54, 1.807) is 12.1 Å². The fraction of sp³-hybridized carbons (Fsp3) is 0.533. The zero-order valence-corrected chi connectivity index (χ0v) is 13.5. The van der Waals surface area contributed by atoms with Crippen molar-refractivity contribution in [3.05, 3.63) is 27.7 Å². The molecule has 1 aromatic carbocycles. The average molecular weight is 378 g/mol. The lowest BCUT2D eigenvalue weighted by molar-refractivity contribution is -0.190.